The monoisotopic (exact) mass is 338 g/mol. The largest absolute Gasteiger partial charge is 0.295 e. The molecule has 5 aliphatic carbocycles. The Morgan fingerprint density at radius 2 is 1.76 bits per heavy atom. The summed E-state index contributed by atoms with van der Waals surface area (Å²) in [5, 5.41) is 0. The van der Waals surface area contributed by atoms with Crippen LogP contribution in [0.4, 0.5) is 0 Å². The first-order chi connectivity index (χ1) is 11.9. The zero-order valence-electron chi connectivity index (χ0n) is 16.4. The van der Waals surface area contributed by atoms with Crippen LogP contribution in [-0.4, -0.2) is 5.78 Å². The van der Waals surface area contributed by atoms with Crippen molar-refractivity contribution in [2.24, 2.45) is 34.0 Å². The first kappa shape index (κ1) is 16.3. The maximum atomic E-state index is 12.0. The molecular formula is C24H34O. The maximum Gasteiger partial charge on any atom is 0.155 e. The first-order valence-corrected chi connectivity index (χ1v) is 10.8. The second-order valence-electron chi connectivity index (χ2n) is 10.6. The summed E-state index contributed by atoms with van der Waals surface area (Å²) in [4.78, 5) is 12.0. The van der Waals surface area contributed by atoms with E-state index >= 15 is 0 Å². The average molecular weight is 339 g/mol. The molecule has 0 aromatic heterocycles. The Morgan fingerprint density at radius 1 is 0.960 bits per heavy atom. The third-order valence-corrected chi connectivity index (χ3v) is 10.0. The highest BCUT2D eigenvalue weighted by Crippen LogP contribution is 2.71. The topological polar surface area (TPSA) is 17.1 Å². The molecule has 0 spiro atoms. The third kappa shape index (κ3) is 1.94. The molecule has 1 heteroatoms. The summed E-state index contributed by atoms with van der Waals surface area (Å²) in [6.45, 7) is 7.74. The SMILES string of the molecule is C[C@]12CCC(=O)C=C1CCC1C2=CC[C@@]2(C)[C@H]1CC[C@]2(C)C1CCC1. The minimum atomic E-state index is 0.202. The first-order valence-electron chi connectivity index (χ1n) is 10.8. The Bertz CT molecular complexity index is 680. The molecule has 0 saturated heterocycles. The van der Waals surface area contributed by atoms with Gasteiger partial charge in [0, 0.05) is 11.8 Å². The van der Waals surface area contributed by atoms with E-state index in [1.54, 1.807) is 5.57 Å². The number of fused-ring (bicyclic) bond motifs is 5. The van der Waals surface area contributed by atoms with Crippen LogP contribution in [0.25, 0.3) is 0 Å². The molecule has 25 heavy (non-hydrogen) atoms. The quantitative estimate of drug-likeness (QED) is 0.517. The van der Waals surface area contributed by atoms with Gasteiger partial charge >= 0.3 is 0 Å². The molecule has 5 rings (SSSR count). The summed E-state index contributed by atoms with van der Waals surface area (Å²) < 4.78 is 0. The van der Waals surface area contributed by atoms with E-state index in [-0.39, 0.29) is 5.41 Å². The fourth-order valence-corrected chi connectivity index (χ4v) is 7.86. The molecule has 0 N–H and O–H groups in total. The van der Waals surface area contributed by atoms with E-state index in [1.165, 1.54) is 50.5 Å². The van der Waals surface area contributed by atoms with E-state index in [0.29, 0.717) is 16.6 Å². The lowest BCUT2D eigenvalue weighted by molar-refractivity contribution is -0.115. The molecule has 3 fully saturated rings. The van der Waals surface area contributed by atoms with Crippen molar-refractivity contribution in [2.75, 3.05) is 0 Å². The molecule has 5 atom stereocenters. The van der Waals surface area contributed by atoms with Gasteiger partial charge in [-0.15, -0.1) is 0 Å². The second-order valence-corrected chi connectivity index (χ2v) is 10.6. The van der Waals surface area contributed by atoms with Gasteiger partial charge in [0.1, 0.15) is 0 Å². The summed E-state index contributed by atoms with van der Waals surface area (Å²) >= 11 is 0. The fraction of sp³-hybridized carbons (Fsp3) is 0.792. The molecule has 3 saturated carbocycles. The number of hydrogen-bond donors (Lipinski definition) is 0. The molecule has 0 heterocycles. The molecule has 136 valence electrons. The zero-order chi connectivity index (χ0) is 17.4. The zero-order valence-corrected chi connectivity index (χ0v) is 16.4. The van der Waals surface area contributed by atoms with Gasteiger partial charge in [-0.25, -0.2) is 0 Å². The maximum absolute atomic E-state index is 12.0. The lowest BCUT2D eigenvalue weighted by Crippen LogP contribution is -2.50. The van der Waals surface area contributed by atoms with Crippen LogP contribution in [0.1, 0.15) is 85.0 Å². The molecule has 0 aliphatic heterocycles. The fourth-order valence-electron chi connectivity index (χ4n) is 7.86. The van der Waals surface area contributed by atoms with Gasteiger partial charge in [0.2, 0.25) is 0 Å². The van der Waals surface area contributed by atoms with Gasteiger partial charge in [-0.05, 0) is 86.0 Å². The number of carbonyl (C=O) groups excluding carboxylic acids is 1. The molecule has 5 aliphatic rings. The Morgan fingerprint density at radius 3 is 2.48 bits per heavy atom. The van der Waals surface area contributed by atoms with E-state index in [1.807, 2.05) is 6.08 Å². The van der Waals surface area contributed by atoms with Crippen molar-refractivity contribution in [2.45, 2.75) is 85.0 Å². The number of allylic oxidation sites excluding steroid dienone is 4. The highest BCUT2D eigenvalue weighted by atomic mass is 16.1. The van der Waals surface area contributed by atoms with Crippen molar-refractivity contribution in [1.82, 2.24) is 0 Å². The summed E-state index contributed by atoms with van der Waals surface area (Å²) in [5.74, 6) is 3.02. The van der Waals surface area contributed by atoms with Crippen LogP contribution in [0.15, 0.2) is 23.3 Å². The third-order valence-electron chi connectivity index (χ3n) is 10.0. The van der Waals surface area contributed by atoms with Gasteiger partial charge in [-0.1, -0.05) is 44.4 Å². The Kier molecular flexibility index (Phi) is 3.34. The summed E-state index contributed by atoms with van der Waals surface area (Å²) in [6, 6.07) is 0. The number of ketones is 1. The van der Waals surface area contributed by atoms with E-state index < -0.39 is 0 Å². The Labute approximate surface area is 153 Å². The predicted molar refractivity (Wildman–Crippen MR) is 102 cm³/mol. The lowest BCUT2D eigenvalue weighted by Gasteiger charge is -2.58. The lowest BCUT2D eigenvalue weighted by atomic mass is 9.46. The number of carbonyl (C=O) groups is 1. The molecule has 1 nitrogen and oxygen atoms in total. The van der Waals surface area contributed by atoms with Gasteiger partial charge in [0.15, 0.2) is 5.78 Å². The minimum Gasteiger partial charge on any atom is -0.295 e. The van der Waals surface area contributed by atoms with Crippen LogP contribution in [0.5, 0.6) is 0 Å². The van der Waals surface area contributed by atoms with Crippen LogP contribution < -0.4 is 0 Å². The van der Waals surface area contributed by atoms with Crippen molar-refractivity contribution in [3.05, 3.63) is 23.3 Å². The van der Waals surface area contributed by atoms with E-state index in [4.69, 9.17) is 0 Å². The summed E-state index contributed by atoms with van der Waals surface area (Å²) in [5.41, 5.74) is 4.46. The summed E-state index contributed by atoms with van der Waals surface area (Å²) in [6.07, 6.45) is 17.6. The highest BCUT2D eigenvalue weighted by Gasteiger charge is 2.62. The molecular weight excluding hydrogens is 304 g/mol. The predicted octanol–water partition coefficient (Wildman–Crippen LogP) is 6.24. The van der Waals surface area contributed by atoms with Crippen LogP contribution >= 0.6 is 0 Å². The van der Waals surface area contributed by atoms with Crippen LogP contribution in [0, 0.1) is 34.0 Å². The molecule has 0 bridgehead atoms. The van der Waals surface area contributed by atoms with Crippen molar-refractivity contribution >= 4 is 5.78 Å². The van der Waals surface area contributed by atoms with Gasteiger partial charge in [0.25, 0.3) is 0 Å². The molecule has 0 aromatic rings. The second kappa shape index (κ2) is 5.11. The van der Waals surface area contributed by atoms with Crippen molar-refractivity contribution in [1.29, 1.82) is 0 Å². The van der Waals surface area contributed by atoms with Crippen LogP contribution in [0.2, 0.25) is 0 Å². The van der Waals surface area contributed by atoms with Gasteiger partial charge in [0.05, 0.1) is 0 Å². The molecule has 0 aromatic carbocycles. The number of hydrogen-bond acceptors (Lipinski definition) is 1. The Balaban J connectivity index is 1.54. The highest BCUT2D eigenvalue weighted by molar-refractivity contribution is 5.92. The van der Waals surface area contributed by atoms with E-state index in [9.17, 15) is 4.79 Å². The smallest absolute Gasteiger partial charge is 0.155 e. The van der Waals surface area contributed by atoms with Gasteiger partial charge < -0.3 is 0 Å². The minimum absolute atomic E-state index is 0.202. The standard InChI is InChI=1S/C24H34O/c1-22-12-9-18(25)15-17(22)7-8-19-20(22)10-14-24(3)21(19)11-13-23(24,2)16-5-4-6-16/h10,15-16,19,21H,4-9,11-14H2,1-3H3/t19?,21-,22-,23+,24-/m0/s1. The van der Waals surface area contributed by atoms with E-state index in [0.717, 1.165) is 37.0 Å². The number of rotatable bonds is 1. The molecule has 0 amide bonds. The van der Waals surface area contributed by atoms with Gasteiger partial charge in [-0.3, -0.25) is 4.79 Å². The van der Waals surface area contributed by atoms with Crippen LogP contribution in [0.3, 0.4) is 0 Å². The molecule has 0 radical (unpaired) electrons. The van der Waals surface area contributed by atoms with Crippen molar-refractivity contribution in [3.8, 4) is 0 Å². The Hall–Kier alpha value is -0.850. The van der Waals surface area contributed by atoms with Crippen molar-refractivity contribution in [3.63, 3.8) is 0 Å². The van der Waals surface area contributed by atoms with E-state index in [2.05, 4.69) is 26.8 Å². The normalized spacial score (nSPS) is 49.5. The summed E-state index contributed by atoms with van der Waals surface area (Å²) in [7, 11) is 0. The van der Waals surface area contributed by atoms with Gasteiger partial charge in [-0.2, -0.15) is 0 Å². The van der Waals surface area contributed by atoms with Crippen molar-refractivity contribution < 1.29 is 4.79 Å². The molecule has 1 unspecified atom stereocenters. The van der Waals surface area contributed by atoms with Crippen LogP contribution in [-0.2, 0) is 4.79 Å². The average Bonchev–Trinajstić information content (AvgIpc) is 2.78.